The van der Waals surface area contributed by atoms with E-state index in [1.807, 2.05) is 0 Å². The molecule has 0 amide bonds. The van der Waals surface area contributed by atoms with Gasteiger partial charge in [-0.3, -0.25) is 0 Å². The molecule has 0 aliphatic carbocycles. The Morgan fingerprint density at radius 3 is 0.509 bits per heavy atom. The molecule has 0 spiro atoms. The van der Waals surface area contributed by atoms with Gasteiger partial charge in [-0.15, -0.1) is 0 Å². The molecule has 0 unspecified atom stereocenters. The summed E-state index contributed by atoms with van der Waals surface area (Å²) in [7, 11) is 0. The SMILES string of the molecule is CCCCCCCCc1c2ccccc2cc2c(-c3cccc4c(CCCCCCCC)c5cccc(-c6cccc7c(CCCCCCCC)c8cccc(-c9cccc%10c(CCCCCCCC)c%11cccc(-c%12cccc%13c(CCCCCCCC)c%14ccccc%14cc%12%13)c%11cc9%10)c8cc67)c5cc34)cccc12. The first-order valence-corrected chi connectivity index (χ1v) is 44.3. The van der Waals surface area contributed by atoms with Crippen molar-refractivity contribution in [1.82, 2.24) is 0 Å². The normalized spacial score (nSPS) is 12.0. The highest BCUT2D eigenvalue weighted by Crippen LogP contribution is 2.49. The van der Waals surface area contributed by atoms with E-state index >= 15 is 0 Å². The maximum absolute atomic E-state index is 2.66. The predicted octanol–water partition coefficient (Wildman–Crippen LogP) is 34.4. The second kappa shape index (κ2) is 37.3. The molecule has 0 N–H and O–H groups in total. The van der Waals surface area contributed by atoms with Crippen molar-refractivity contribution in [3.63, 3.8) is 0 Å². The Hall–Kier alpha value is -9.10. The fourth-order valence-electron chi connectivity index (χ4n) is 19.8. The summed E-state index contributed by atoms with van der Waals surface area (Å²) >= 11 is 0. The second-order valence-corrected chi connectivity index (χ2v) is 33.0. The van der Waals surface area contributed by atoms with E-state index in [0.717, 1.165) is 32.1 Å². The molecule has 0 fully saturated rings. The van der Waals surface area contributed by atoms with E-state index in [4.69, 9.17) is 0 Å². The molecule has 0 saturated heterocycles. The van der Waals surface area contributed by atoms with Gasteiger partial charge in [-0.05, 0) is 275 Å². The van der Waals surface area contributed by atoms with Crippen LogP contribution in [-0.2, 0) is 32.1 Å². The second-order valence-electron chi connectivity index (χ2n) is 33.0. The van der Waals surface area contributed by atoms with Gasteiger partial charge in [-0.2, -0.15) is 0 Å². The zero-order valence-corrected chi connectivity index (χ0v) is 67.6. The lowest BCUT2D eigenvalue weighted by molar-refractivity contribution is 0.609. The molecule has 15 aromatic carbocycles. The van der Waals surface area contributed by atoms with Crippen molar-refractivity contribution in [2.75, 3.05) is 0 Å². The van der Waals surface area contributed by atoms with E-state index in [1.54, 1.807) is 0 Å². The van der Waals surface area contributed by atoms with Crippen molar-refractivity contribution in [2.45, 2.75) is 259 Å². The quantitative estimate of drug-likeness (QED) is 0.0266. The third-order valence-electron chi connectivity index (χ3n) is 25.5. The molecule has 0 radical (unpaired) electrons. The van der Waals surface area contributed by atoms with Crippen LogP contribution in [0.3, 0.4) is 0 Å². The third kappa shape index (κ3) is 16.3. The van der Waals surface area contributed by atoms with Crippen molar-refractivity contribution in [3.8, 4) is 44.5 Å². The van der Waals surface area contributed by atoms with E-state index in [-0.39, 0.29) is 0 Å². The van der Waals surface area contributed by atoms with Crippen LogP contribution in [0.5, 0.6) is 0 Å². The molecule has 562 valence electrons. The average molecular weight is 1440 g/mol. The lowest BCUT2D eigenvalue weighted by atomic mass is 9.83. The average Bonchev–Trinajstić information content (AvgIpc) is 0.730. The molecule has 0 heterocycles. The van der Waals surface area contributed by atoms with Gasteiger partial charge >= 0.3 is 0 Å². The molecule has 0 aliphatic heterocycles. The molecular formula is C110H122. The van der Waals surface area contributed by atoms with Gasteiger partial charge in [0, 0.05) is 0 Å². The summed E-state index contributed by atoms with van der Waals surface area (Å²) in [6.07, 6.45) is 43.8. The summed E-state index contributed by atoms with van der Waals surface area (Å²) in [4.78, 5) is 0. The number of unbranched alkanes of at least 4 members (excludes halogenated alkanes) is 25. The number of aryl methyl sites for hydroxylation is 5. The van der Waals surface area contributed by atoms with Crippen LogP contribution < -0.4 is 0 Å². The summed E-state index contributed by atoms with van der Waals surface area (Å²) in [5, 5.41) is 27.7. The summed E-state index contributed by atoms with van der Waals surface area (Å²) in [5.74, 6) is 0. The fraction of sp³-hybridized carbons (Fsp3) is 0.364. The van der Waals surface area contributed by atoms with Gasteiger partial charge < -0.3 is 0 Å². The predicted molar refractivity (Wildman–Crippen MR) is 489 cm³/mol. The highest BCUT2D eigenvalue weighted by atomic mass is 14.3. The Bertz CT molecular complexity index is 5340. The van der Waals surface area contributed by atoms with E-state index < -0.39 is 0 Å². The van der Waals surface area contributed by atoms with Crippen molar-refractivity contribution >= 4 is 108 Å². The summed E-state index contributed by atoms with van der Waals surface area (Å²) in [6.45, 7) is 11.7. The molecule has 0 bridgehead atoms. The van der Waals surface area contributed by atoms with Gasteiger partial charge in [-0.1, -0.05) is 389 Å². The van der Waals surface area contributed by atoms with Crippen LogP contribution in [0.25, 0.3) is 152 Å². The Morgan fingerprint density at radius 1 is 0.136 bits per heavy atom. The Kier molecular flexibility index (Phi) is 25.8. The van der Waals surface area contributed by atoms with Crippen molar-refractivity contribution in [1.29, 1.82) is 0 Å². The number of benzene rings is 15. The number of hydrogen-bond donors (Lipinski definition) is 0. The third-order valence-corrected chi connectivity index (χ3v) is 25.5. The fourth-order valence-corrected chi connectivity index (χ4v) is 19.8. The zero-order chi connectivity index (χ0) is 75.0. The lowest BCUT2D eigenvalue weighted by Crippen LogP contribution is -1.97. The molecule has 0 aliphatic rings. The largest absolute Gasteiger partial charge is 0.0654 e. The summed E-state index contributed by atoms with van der Waals surface area (Å²) < 4.78 is 0. The molecule has 0 aromatic heterocycles. The van der Waals surface area contributed by atoms with Gasteiger partial charge in [0.15, 0.2) is 0 Å². The van der Waals surface area contributed by atoms with Crippen LogP contribution in [0.4, 0.5) is 0 Å². The Balaban J connectivity index is 0.929. The lowest BCUT2D eigenvalue weighted by Gasteiger charge is -2.21. The van der Waals surface area contributed by atoms with Gasteiger partial charge in [0.2, 0.25) is 0 Å². The maximum Gasteiger partial charge on any atom is -0.00958 e. The monoisotopic (exact) mass is 1440 g/mol. The first-order chi connectivity index (χ1) is 54.5. The molecule has 0 saturated carbocycles. The first kappa shape index (κ1) is 76.3. The number of hydrogen-bond acceptors (Lipinski definition) is 0. The van der Waals surface area contributed by atoms with Crippen molar-refractivity contribution in [2.24, 2.45) is 0 Å². The van der Waals surface area contributed by atoms with Gasteiger partial charge in [0.25, 0.3) is 0 Å². The molecule has 15 rings (SSSR count). The Morgan fingerprint density at radius 2 is 0.300 bits per heavy atom. The standard InChI is InChI=1S/C110H122/c1-6-11-16-21-26-31-52-82-80-50-38-36-48-78(80)73-103-87(82)57-40-65-95(103)97-67-42-59-89-84(54-33-28-23-18-13-8-3)91-61-44-69-99(107(91)75-105(89)97)101-71-46-63-93-86(56-35-30-25-20-15-10-5)94-64-47-72-102(110(94)77-109(93)101)100-70-45-62-92-85(55-34-29-24-19-14-9-4)90-60-43-68-98(106(90)76-108(92)100)96-66-41-58-88-83(53-32-27-22-17-12-7-2)81-51-39-37-49-79(81)74-104(88)96/h36-51,57-77H,6-35,52-56H2,1-5H3. The van der Waals surface area contributed by atoms with Crippen molar-refractivity contribution in [3.05, 3.63) is 252 Å². The maximum atomic E-state index is 2.66. The zero-order valence-electron chi connectivity index (χ0n) is 67.6. The van der Waals surface area contributed by atoms with Crippen LogP contribution in [0.1, 0.15) is 255 Å². The first-order valence-electron chi connectivity index (χ1n) is 44.3. The van der Waals surface area contributed by atoms with Gasteiger partial charge in [-0.25, -0.2) is 0 Å². The minimum absolute atomic E-state index is 1.05. The minimum Gasteiger partial charge on any atom is -0.0654 e. The van der Waals surface area contributed by atoms with Crippen LogP contribution in [0, 0.1) is 0 Å². The van der Waals surface area contributed by atoms with Gasteiger partial charge in [0.1, 0.15) is 0 Å². The van der Waals surface area contributed by atoms with Gasteiger partial charge in [0.05, 0.1) is 0 Å². The molecule has 0 nitrogen and oxygen atoms in total. The van der Waals surface area contributed by atoms with E-state index in [0.29, 0.717) is 0 Å². The highest BCUT2D eigenvalue weighted by molar-refractivity contribution is 6.21. The molecular weight excluding hydrogens is 1320 g/mol. The summed E-state index contributed by atoms with van der Waals surface area (Å²) in [6, 6.07) is 90.0. The minimum atomic E-state index is 1.05. The van der Waals surface area contributed by atoms with E-state index in [1.165, 1.54) is 373 Å². The van der Waals surface area contributed by atoms with Crippen molar-refractivity contribution < 1.29 is 0 Å². The topological polar surface area (TPSA) is 0 Å². The number of fused-ring (bicyclic) bond motifs is 10. The number of rotatable bonds is 39. The van der Waals surface area contributed by atoms with Crippen LogP contribution >= 0.6 is 0 Å². The van der Waals surface area contributed by atoms with E-state index in [9.17, 15) is 0 Å². The molecule has 110 heavy (non-hydrogen) atoms. The Labute approximate surface area is 659 Å². The molecule has 0 atom stereocenters. The van der Waals surface area contributed by atoms with Crippen LogP contribution in [0.2, 0.25) is 0 Å². The molecule has 0 heteroatoms. The van der Waals surface area contributed by atoms with E-state index in [2.05, 4.69) is 259 Å². The highest BCUT2D eigenvalue weighted by Gasteiger charge is 2.24. The smallest absolute Gasteiger partial charge is 0.00958 e. The van der Waals surface area contributed by atoms with Crippen LogP contribution in [0.15, 0.2) is 224 Å². The summed E-state index contributed by atoms with van der Waals surface area (Å²) in [5.41, 5.74) is 18.3. The molecule has 15 aromatic rings. The van der Waals surface area contributed by atoms with Crippen LogP contribution in [-0.4, -0.2) is 0 Å².